The Bertz CT molecular complexity index is 1130. The summed E-state index contributed by atoms with van der Waals surface area (Å²) in [5.74, 6) is 1.23. The van der Waals surface area contributed by atoms with Gasteiger partial charge < -0.3 is 9.88 Å². The van der Waals surface area contributed by atoms with Gasteiger partial charge in [0.25, 0.3) is 5.91 Å². The van der Waals surface area contributed by atoms with Gasteiger partial charge in [-0.2, -0.15) is 4.31 Å². The van der Waals surface area contributed by atoms with Crippen LogP contribution in [0.5, 0.6) is 0 Å². The predicted molar refractivity (Wildman–Crippen MR) is 121 cm³/mol. The molecule has 1 aromatic heterocycles. The first-order chi connectivity index (χ1) is 14.9. The first-order valence-electron chi connectivity index (χ1n) is 10.8. The van der Waals surface area contributed by atoms with Crippen LogP contribution in [0.15, 0.2) is 53.4 Å². The molecule has 0 atom stereocenters. The Hall–Kier alpha value is -2.71. The van der Waals surface area contributed by atoms with Crippen LogP contribution in [-0.2, 0) is 10.0 Å². The van der Waals surface area contributed by atoms with E-state index < -0.39 is 10.0 Å². The molecule has 4 rings (SSSR count). The molecule has 2 aromatic carbocycles. The van der Waals surface area contributed by atoms with Gasteiger partial charge in [0.05, 0.1) is 15.9 Å². The van der Waals surface area contributed by atoms with Gasteiger partial charge in [0, 0.05) is 37.7 Å². The van der Waals surface area contributed by atoms with E-state index in [1.54, 1.807) is 12.1 Å². The number of benzene rings is 2. The van der Waals surface area contributed by atoms with Gasteiger partial charge in [-0.05, 0) is 49.2 Å². The smallest absolute Gasteiger partial charge is 0.253 e. The Morgan fingerprint density at radius 3 is 2.32 bits per heavy atom. The zero-order valence-corrected chi connectivity index (χ0v) is 18.7. The van der Waals surface area contributed by atoms with Gasteiger partial charge in [-0.3, -0.25) is 4.79 Å². The van der Waals surface area contributed by atoms with Crippen LogP contribution in [0.1, 0.15) is 48.8 Å². The van der Waals surface area contributed by atoms with Crippen LogP contribution in [-0.4, -0.2) is 59.7 Å². The molecule has 1 aliphatic rings. The maximum Gasteiger partial charge on any atom is 0.253 e. The Balaban J connectivity index is 1.41. The quantitative estimate of drug-likeness (QED) is 0.634. The second kappa shape index (κ2) is 8.80. The molecular weight excluding hydrogens is 412 g/mol. The molecular formula is C23H28N4O3S. The monoisotopic (exact) mass is 440 g/mol. The van der Waals surface area contributed by atoms with Gasteiger partial charge in [-0.25, -0.2) is 13.4 Å². The van der Waals surface area contributed by atoms with E-state index in [1.165, 1.54) is 16.4 Å². The third-order valence-electron chi connectivity index (χ3n) is 6.02. The summed E-state index contributed by atoms with van der Waals surface area (Å²) in [6, 6.07) is 14.3. The van der Waals surface area contributed by atoms with Crippen molar-refractivity contribution in [3.63, 3.8) is 0 Å². The molecule has 1 aliphatic heterocycles. The highest BCUT2D eigenvalue weighted by Crippen LogP contribution is 2.28. The van der Waals surface area contributed by atoms with Crippen molar-refractivity contribution >= 4 is 27.0 Å². The fourth-order valence-electron chi connectivity index (χ4n) is 4.19. The number of nitrogens with one attached hydrogen (secondary N) is 1. The molecule has 0 aliphatic carbocycles. The van der Waals surface area contributed by atoms with E-state index in [0.717, 1.165) is 29.7 Å². The molecule has 0 radical (unpaired) electrons. The van der Waals surface area contributed by atoms with Crippen molar-refractivity contribution in [1.82, 2.24) is 19.2 Å². The lowest BCUT2D eigenvalue weighted by atomic mass is 9.95. The van der Waals surface area contributed by atoms with Crippen molar-refractivity contribution in [2.45, 2.75) is 37.5 Å². The number of hydrogen-bond donors (Lipinski definition) is 1. The van der Waals surface area contributed by atoms with Crippen molar-refractivity contribution < 1.29 is 13.2 Å². The number of carbonyl (C=O) groups is 1. The maximum absolute atomic E-state index is 12.9. The molecule has 2 heterocycles. The molecule has 7 nitrogen and oxygen atoms in total. The van der Waals surface area contributed by atoms with Crippen LogP contribution in [0.3, 0.4) is 0 Å². The number of para-hydroxylation sites is 2. The number of H-pyrrole nitrogens is 1. The highest BCUT2D eigenvalue weighted by Gasteiger charge is 2.27. The standard InChI is InChI=1S/C23H28N4O3S/c1-3-27(4-2)31(29,30)19-11-9-18(10-12-19)23(28)26-15-13-17(14-16-26)22-24-20-7-5-6-8-21(20)25-22/h5-12,17H,3-4,13-16H2,1-2H3,(H,24,25). The van der Waals surface area contributed by atoms with E-state index in [4.69, 9.17) is 4.98 Å². The summed E-state index contributed by atoms with van der Waals surface area (Å²) < 4.78 is 26.7. The van der Waals surface area contributed by atoms with Crippen LogP contribution in [0.25, 0.3) is 11.0 Å². The zero-order chi connectivity index (χ0) is 22.0. The molecule has 164 valence electrons. The van der Waals surface area contributed by atoms with E-state index in [-0.39, 0.29) is 10.8 Å². The van der Waals surface area contributed by atoms with Crippen molar-refractivity contribution in [2.75, 3.05) is 26.2 Å². The third-order valence-corrected chi connectivity index (χ3v) is 8.09. The number of piperidine rings is 1. The Morgan fingerprint density at radius 2 is 1.71 bits per heavy atom. The number of nitrogens with zero attached hydrogens (tertiary/aromatic N) is 3. The van der Waals surface area contributed by atoms with Crippen LogP contribution >= 0.6 is 0 Å². The average molecular weight is 441 g/mol. The van der Waals surface area contributed by atoms with E-state index >= 15 is 0 Å². The van der Waals surface area contributed by atoms with E-state index in [2.05, 4.69) is 4.98 Å². The molecule has 1 amide bonds. The third kappa shape index (κ3) is 4.22. The lowest BCUT2D eigenvalue weighted by molar-refractivity contribution is 0.0711. The Morgan fingerprint density at radius 1 is 1.06 bits per heavy atom. The Kier molecular flexibility index (Phi) is 6.11. The molecule has 1 N–H and O–H groups in total. The summed E-state index contributed by atoms with van der Waals surface area (Å²) in [5.41, 5.74) is 2.52. The summed E-state index contributed by atoms with van der Waals surface area (Å²) in [4.78, 5) is 23.1. The second-order valence-corrected chi connectivity index (χ2v) is 9.76. The minimum atomic E-state index is -3.52. The number of fused-ring (bicyclic) bond motifs is 1. The lowest BCUT2D eigenvalue weighted by Crippen LogP contribution is -2.38. The van der Waals surface area contributed by atoms with Gasteiger partial charge in [0.2, 0.25) is 10.0 Å². The van der Waals surface area contributed by atoms with E-state index in [9.17, 15) is 13.2 Å². The molecule has 3 aromatic rings. The van der Waals surface area contributed by atoms with Gasteiger partial charge in [-0.15, -0.1) is 0 Å². The van der Waals surface area contributed by atoms with Crippen molar-refractivity contribution in [1.29, 1.82) is 0 Å². The number of aromatic amines is 1. The van der Waals surface area contributed by atoms with Gasteiger partial charge >= 0.3 is 0 Å². The van der Waals surface area contributed by atoms with E-state index in [1.807, 2.05) is 43.0 Å². The molecule has 0 unspecified atom stereocenters. The number of imidazole rings is 1. The summed E-state index contributed by atoms with van der Waals surface area (Å²) >= 11 is 0. The highest BCUT2D eigenvalue weighted by molar-refractivity contribution is 7.89. The second-order valence-electron chi connectivity index (χ2n) is 7.82. The number of aromatic nitrogens is 2. The van der Waals surface area contributed by atoms with Crippen LogP contribution < -0.4 is 0 Å². The summed E-state index contributed by atoms with van der Waals surface area (Å²) in [6.07, 6.45) is 1.69. The summed E-state index contributed by atoms with van der Waals surface area (Å²) in [7, 11) is -3.52. The zero-order valence-electron chi connectivity index (χ0n) is 17.9. The molecule has 0 saturated carbocycles. The minimum absolute atomic E-state index is 0.0603. The van der Waals surface area contributed by atoms with Gasteiger partial charge in [0.1, 0.15) is 5.82 Å². The van der Waals surface area contributed by atoms with Crippen LogP contribution in [0.4, 0.5) is 0 Å². The average Bonchev–Trinajstić information content (AvgIpc) is 3.24. The van der Waals surface area contributed by atoms with Crippen LogP contribution in [0.2, 0.25) is 0 Å². The number of rotatable bonds is 6. The maximum atomic E-state index is 12.9. The molecule has 0 spiro atoms. The summed E-state index contributed by atoms with van der Waals surface area (Å²) in [6.45, 7) is 5.77. The molecule has 8 heteroatoms. The molecule has 31 heavy (non-hydrogen) atoms. The Labute approximate surface area is 183 Å². The lowest BCUT2D eigenvalue weighted by Gasteiger charge is -2.31. The number of carbonyl (C=O) groups excluding carboxylic acids is 1. The van der Waals surface area contributed by atoms with Crippen molar-refractivity contribution in [3.05, 3.63) is 59.9 Å². The number of amides is 1. The first-order valence-corrected chi connectivity index (χ1v) is 12.2. The fraction of sp³-hybridized carbons (Fsp3) is 0.391. The minimum Gasteiger partial charge on any atom is -0.342 e. The largest absolute Gasteiger partial charge is 0.342 e. The first kappa shape index (κ1) is 21.5. The van der Waals surface area contributed by atoms with E-state index in [0.29, 0.717) is 37.7 Å². The highest BCUT2D eigenvalue weighted by atomic mass is 32.2. The molecule has 0 bridgehead atoms. The number of hydrogen-bond acceptors (Lipinski definition) is 4. The van der Waals surface area contributed by atoms with Gasteiger partial charge in [-0.1, -0.05) is 26.0 Å². The SMILES string of the molecule is CCN(CC)S(=O)(=O)c1ccc(C(=O)N2CCC(c3nc4ccccc4[nH]3)CC2)cc1. The molecule has 1 saturated heterocycles. The van der Waals surface area contributed by atoms with Crippen molar-refractivity contribution in [2.24, 2.45) is 0 Å². The number of sulfonamides is 1. The fourth-order valence-corrected chi connectivity index (χ4v) is 5.64. The topological polar surface area (TPSA) is 86.4 Å². The molecule has 1 fully saturated rings. The summed E-state index contributed by atoms with van der Waals surface area (Å²) in [5, 5.41) is 0. The normalized spacial score (nSPS) is 15.6. The predicted octanol–water partition coefficient (Wildman–Crippen LogP) is 3.61. The van der Waals surface area contributed by atoms with Crippen LogP contribution in [0, 0.1) is 0 Å². The number of likely N-dealkylation sites (tertiary alicyclic amines) is 1. The van der Waals surface area contributed by atoms with Crippen molar-refractivity contribution in [3.8, 4) is 0 Å². The van der Waals surface area contributed by atoms with Gasteiger partial charge in [0.15, 0.2) is 0 Å².